The number of benzene rings is 1. The number of likely N-dealkylation sites (tertiary alicyclic amines) is 1. The number of esters is 3. The van der Waals surface area contributed by atoms with Gasteiger partial charge in [0, 0.05) is 6.04 Å². The third-order valence-electron chi connectivity index (χ3n) is 8.70. The van der Waals surface area contributed by atoms with Gasteiger partial charge in [0.2, 0.25) is 12.2 Å². The van der Waals surface area contributed by atoms with Crippen LogP contribution in [-0.4, -0.2) is 112 Å². The molecule has 1 aliphatic carbocycles. The Labute approximate surface area is 262 Å². The molecule has 13 heteroatoms. The number of aryl methyl sites for hydroxylation is 1. The molecule has 3 fully saturated rings. The first-order chi connectivity index (χ1) is 21.6. The van der Waals surface area contributed by atoms with Crippen LogP contribution in [-0.2, 0) is 44.5 Å². The van der Waals surface area contributed by atoms with Crippen molar-refractivity contribution in [2.24, 2.45) is 5.92 Å². The summed E-state index contributed by atoms with van der Waals surface area (Å²) in [6.07, 6.45) is -4.16. The van der Waals surface area contributed by atoms with Gasteiger partial charge in [-0.1, -0.05) is 49.4 Å². The standard InChI is InChI=1S/C32H44N2O11/c1-4-16-43-31(41)27-25(36)24(35)26(37)32(44-27)45-30(40)23-17-20-12-9-13-22(20)34(23)28(38)18(3)33-21(29(39)42-5-2)15-14-19-10-7-6-8-11-19/h4,6-8,10-11,18,20-27,32-33,35-37H,1,5,9,12-17H2,2-3H3/t18-,20-,21-,22-,23?,24?,25-,26-,27?,32+/m1/s1. The fourth-order valence-corrected chi connectivity index (χ4v) is 6.44. The molecular weight excluding hydrogens is 588 g/mol. The Morgan fingerprint density at radius 1 is 1.07 bits per heavy atom. The van der Waals surface area contributed by atoms with E-state index in [1.165, 1.54) is 11.0 Å². The van der Waals surface area contributed by atoms with Gasteiger partial charge in [-0.05, 0) is 57.4 Å². The van der Waals surface area contributed by atoms with E-state index in [9.17, 15) is 34.5 Å². The Balaban J connectivity index is 1.47. The van der Waals surface area contributed by atoms with E-state index >= 15 is 0 Å². The Bertz CT molecular complexity index is 1200. The summed E-state index contributed by atoms with van der Waals surface area (Å²) >= 11 is 0. The second-order valence-corrected chi connectivity index (χ2v) is 11.7. The van der Waals surface area contributed by atoms with E-state index in [1.54, 1.807) is 13.8 Å². The highest BCUT2D eigenvalue weighted by atomic mass is 16.7. The van der Waals surface area contributed by atoms with Crippen LogP contribution >= 0.6 is 0 Å². The SMILES string of the molecule is C=CCOC(=O)C1O[C@@H](OC(=O)C2C[C@H]3CCC[C@H]3N2C(=O)[C@@H](C)N[C@H](CCc2ccccc2)C(=O)OCC)[C@H](O)C(O)[C@H]1O. The molecule has 1 amide bonds. The van der Waals surface area contributed by atoms with Gasteiger partial charge in [-0.3, -0.25) is 14.9 Å². The molecule has 1 aromatic carbocycles. The summed E-state index contributed by atoms with van der Waals surface area (Å²) < 4.78 is 21.0. The minimum absolute atomic E-state index is 0.0453. The number of aliphatic hydroxyl groups is 3. The molecule has 248 valence electrons. The first-order valence-corrected chi connectivity index (χ1v) is 15.5. The summed E-state index contributed by atoms with van der Waals surface area (Å²) in [6, 6.07) is 6.75. The van der Waals surface area contributed by atoms with Crippen LogP contribution in [0.15, 0.2) is 43.0 Å². The van der Waals surface area contributed by atoms with Gasteiger partial charge in [0.25, 0.3) is 0 Å². The number of carbonyl (C=O) groups is 4. The zero-order valence-corrected chi connectivity index (χ0v) is 25.7. The second kappa shape index (κ2) is 15.8. The van der Waals surface area contributed by atoms with E-state index < -0.39 is 72.6 Å². The van der Waals surface area contributed by atoms with Crippen LogP contribution in [0.3, 0.4) is 0 Å². The molecule has 2 saturated heterocycles. The van der Waals surface area contributed by atoms with Crippen LogP contribution in [0, 0.1) is 5.92 Å². The number of ether oxygens (including phenoxy) is 4. The van der Waals surface area contributed by atoms with Gasteiger partial charge in [-0.2, -0.15) is 0 Å². The molecule has 0 spiro atoms. The first-order valence-electron chi connectivity index (χ1n) is 15.5. The van der Waals surface area contributed by atoms with E-state index in [1.807, 2.05) is 30.3 Å². The number of hydrogen-bond acceptors (Lipinski definition) is 12. The quantitative estimate of drug-likeness (QED) is 0.134. The predicted molar refractivity (Wildman–Crippen MR) is 158 cm³/mol. The van der Waals surface area contributed by atoms with Crippen molar-refractivity contribution in [1.29, 1.82) is 0 Å². The van der Waals surface area contributed by atoms with E-state index in [0.29, 0.717) is 25.7 Å². The minimum atomic E-state index is -1.88. The van der Waals surface area contributed by atoms with Crippen molar-refractivity contribution in [1.82, 2.24) is 10.2 Å². The first kappa shape index (κ1) is 34.5. The summed E-state index contributed by atoms with van der Waals surface area (Å²) in [7, 11) is 0. The lowest BCUT2D eigenvalue weighted by atomic mass is 9.99. The maximum atomic E-state index is 14.0. The molecule has 4 rings (SSSR count). The van der Waals surface area contributed by atoms with Crippen molar-refractivity contribution < 1.29 is 53.4 Å². The number of fused-ring (bicyclic) bond motifs is 1. The fraction of sp³-hybridized carbons (Fsp3) is 0.625. The van der Waals surface area contributed by atoms with Gasteiger partial charge in [0.1, 0.15) is 37.0 Å². The molecule has 3 unspecified atom stereocenters. The molecule has 10 atom stereocenters. The maximum absolute atomic E-state index is 14.0. The highest BCUT2D eigenvalue weighted by Gasteiger charge is 2.53. The molecule has 13 nitrogen and oxygen atoms in total. The van der Waals surface area contributed by atoms with Gasteiger partial charge >= 0.3 is 17.9 Å². The highest BCUT2D eigenvalue weighted by molar-refractivity contribution is 5.89. The smallest absolute Gasteiger partial charge is 0.338 e. The van der Waals surface area contributed by atoms with Crippen LogP contribution in [0.25, 0.3) is 0 Å². The number of rotatable bonds is 13. The predicted octanol–water partition coefficient (Wildman–Crippen LogP) is 0.379. The van der Waals surface area contributed by atoms with Crippen molar-refractivity contribution in [3.05, 3.63) is 48.6 Å². The van der Waals surface area contributed by atoms with E-state index in [0.717, 1.165) is 18.4 Å². The summed E-state index contributed by atoms with van der Waals surface area (Å²) in [5.41, 5.74) is 1.03. The van der Waals surface area contributed by atoms with Gasteiger partial charge in [-0.15, -0.1) is 0 Å². The summed E-state index contributed by atoms with van der Waals surface area (Å²) in [6.45, 7) is 6.77. The summed E-state index contributed by atoms with van der Waals surface area (Å²) in [4.78, 5) is 54.2. The number of amides is 1. The molecule has 0 aromatic heterocycles. The van der Waals surface area contributed by atoms with Crippen molar-refractivity contribution in [3.8, 4) is 0 Å². The molecule has 4 N–H and O–H groups in total. The number of hydrogen-bond donors (Lipinski definition) is 4. The van der Waals surface area contributed by atoms with Gasteiger partial charge in [0.15, 0.2) is 6.10 Å². The number of carbonyl (C=O) groups excluding carboxylic acids is 4. The molecule has 1 saturated carbocycles. The number of nitrogens with one attached hydrogen (secondary N) is 1. The average molecular weight is 633 g/mol. The van der Waals surface area contributed by atoms with Crippen LogP contribution < -0.4 is 5.32 Å². The molecule has 3 aliphatic rings. The number of aliphatic hydroxyl groups excluding tert-OH is 3. The van der Waals surface area contributed by atoms with Crippen molar-refractivity contribution >= 4 is 23.8 Å². The Morgan fingerprint density at radius 2 is 1.80 bits per heavy atom. The molecule has 0 radical (unpaired) electrons. The van der Waals surface area contributed by atoms with Crippen molar-refractivity contribution in [2.45, 2.75) is 107 Å². The summed E-state index contributed by atoms with van der Waals surface area (Å²) in [5, 5.41) is 34.3. The van der Waals surface area contributed by atoms with Crippen LogP contribution in [0.5, 0.6) is 0 Å². The minimum Gasteiger partial charge on any atom is -0.465 e. The number of nitrogens with zero attached hydrogens (tertiary/aromatic N) is 1. The average Bonchev–Trinajstić information content (AvgIpc) is 3.64. The normalized spacial score (nSPS) is 30.6. The van der Waals surface area contributed by atoms with Crippen LogP contribution in [0.2, 0.25) is 0 Å². The Kier molecular flexibility index (Phi) is 12.1. The lowest BCUT2D eigenvalue weighted by Crippen LogP contribution is -2.61. The lowest BCUT2D eigenvalue weighted by molar-refractivity contribution is -0.288. The largest absolute Gasteiger partial charge is 0.465 e. The maximum Gasteiger partial charge on any atom is 0.338 e. The van der Waals surface area contributed by atoms with Gasteiger partial charge in [-0.25, -0.2) is 9.59 Å². The molecule has 1 aromatic rings. The van der Waals surface area contributed by atoms with Crippen molar-refractivity contribution in [3.63, 3.8) is 0 Å². The topological polar surface area (TPSA) is 181 Å². The second-order valence-electron chi connectivity index (χ2n) is 11.7. The van der Waals surface area contributed by atoms with Crippen LogP contribution in [0.4, 0.5) is 0 Å². The molecule has 2 heterocycles. The Hall–Kier alpha value is -3.36. The third kappa shape index (κ3) is 8.08. The Morgan fingerprint density at radius 3 is 2.49 bits per heavy atom. The zero-order chi connectivity index (χ0) is 32.7. The monoisotopic (exact) mass is 632 g/mol. The van der Waals surface area contributed by atoms with E-state index in [4.69, 9.17) is 18.9 Å². The van der Waals surface area contributed by atoms with E-state index in [2.05, 4.69) is 11.9 Å². The van der Waals surface area contributed by atoms with Crippen LogP contribution in [0.1, 0.15) is 51.5 Å². The summed E-state index contributed by atoms with van der Waals surface area (Å²) in [5.74, 6) is -2.75. The van der Waals surface area contributed by atoms with E-state index in [-0.39, 0.29) is 25.2 Å². The lowest BCUT2D eigenvalue weighted by Gasteiger charge is -2.39. The van der Waals surface area contributed by atoms with Crippen molar-refractivity contribution in [2.75, 3.05) is 13.2 Å². The fourth-order valence-electron chi connectivity index (χ4n) is 6.44. The third-order valence-corrected chi connectivity index (χ3v) is 8.70. The zero-order valence-electron chi connectivity index (χ0n) is 25.7. The molecular formula is C32H44N2O11. The molecule has 0 bridgehead atoms. The highest BCUT2D eigenvalue weighted by Crippen LogP contribution is 2.42. The molecule has 45 heavy (non-hydrogen) atoms. The van der Waals surface area contributed by atoms with Gasteiger partial charge < -0.3 is 39.2 Å². The van der Waals surface area contributed by atoms with Gasteiger partial charge in [0.05, 0.1) is 12.6 Å². The molecule has 2 aliphatic heterocycles.